The largest absolute Gasteiger partial charge is 0.412 e. The van der Waals surface area contributed by atoms with Gasteiger partial charge in [-0.3, -0.25) is 0 Å². The van der Waals surface area contributed by atoms with E-state index in [0.717, 1.165) is 6.54 Å². The molecule has 1 aromatic rings. The van der Waals surface area contributed by atoms with Gasteiger partial charge in [0.2, 0.25) is 0 Å². The molecule has 0 amide bonds. The summed E-state index contributed by atoms with van der Waals surface area (Å²) >= 11 is 0. The molecule has 0 saturated heterocycles. The third kappa shape index (κ3) is 1.60. The molecule has 1 saturated carbocycles. The third-order valence-electron chi connectivity index (χ3n) is 3.09. The summed E-state index contributed by atoms with van der Waals surface area (Å²) in [7, 11) is 0. The smallest absolute Gasteiger partial charge is 0.00755 e. The lowest BCUT2D eigenvalue weighted by Crippen LogP contribution is -2.41. The predicted octanol–water partition coefficient (Wildman–Crippen LogP) is 1.24. The molecule has 2 rings (SSSR count). The zero-order chi connectivity index (χ0) is 8.44. The van der Waals surface area contributed by atoms with Crippen LogP contribution in [0.4, 0.5) is 0 Å². The van der Waals surface area contributed by atoms with Crippen molar-refractivity contribution in [2.45, 2.75) is 24.7 Å². The first kappa shape index (κ1) is 10.2. The monoisotopic (exact) mass is 179 g/mol. The summed E-state index contributed by atoms with van der Waals surface area (Å²) < 4.78 is 0. The van der Waals surface area contributed by atoms with Crippen LogP contribution in [-0.4, -0.2) is 12.0 Å². The van der Waals surface area contributed by atoms with Crippen LogP contribution in [0.1, 0.15) is 24.8 Å². The van der Waals surface area contributed by atoms with Gasteiger partial charge in [0, 0.05) is 12.0 Å². The van der Waals surface area contributed by atoms with E-state index in [9.17, 15) is 0 Å². The first-order valence-electron chi connectivity index (χ1n) is 4.63. The second-order valence-corrected chi connectivity index (χ2v) is 3.70. The minimum atomic E-state index is 0. The van der Waals surface area contributed by atoms with Gasteiger partial charge in [-0.05, 0) is 18.4 Å². The van der Waals surface area contributed by atoms with Crippen molar-refractivity contribution in [3.63, 3.8) is 0 Å². The highest BCUT2D eigenvalue weighted by atomic mass is 16.0. The van der Waals surface area contributed by atoms with Crippen molar-refractivity contribution in [3.8, 4) is 0 Å². The van der Waals surface area contributed by atoms with Gasteiger partial charge >= 0.3 is 0 Å². The molecule has 2 heteroatoms. The average Bonchev–Trinajstić information content (AvgIpc) is 2.05. The zero-order valence-electron chi connectivity index (χ0n) is 7.79. The average molecular weight is 179 g/mol. The summed E-state index contributed by atoms with van der Waals surface area (Å²) in [6, 6.07) is 10.7. The summed E-state index contributed by atoms with van der Waals surface area (Å²) in [5, 5.41) is 0. The van der Waals surface area contributed by atoms with Gasteiger partial charge in [0.05, 0.1) is 0 Å². The maximum Gasteiger partial charge on any atom is 0.00755 e. The minimum Gasteiger partial charge on any atom is -0.412 e. The van der Waals surface area contributed by atoms with Crippen molar-refractivity contribution in [1.29, 1.82) is 0 Å². The molecule has 0 aliphatic heterocycles. The normalized spacial score (nSPS) is 18.5. The number of hydrogen-bond donors (Lipinski definition) is 1. The fraction of sp³-hybridized carbons (Fsp3) is 0.455. The van der Waals surface area contributed by atoms with E-state index in [1.54, 1.807) is 0 Å². The Balaban J connectivity index is 0.000000845. The SMILES string of the molecule is NCC1(c2ccccc2)CCC1.O. The Morgan fingerprint density at radius 3 is 2.15 bits per heavy atom. The molecule has 0 bridgehead atoms. The Kier molecular flexibility index (Phi) is 3.07. The van der Waals surface area contributed by atoms with Crippen LogP contribution in [0.5, 0.6) is 0 Å². The lowest BCUT2D eigenvalue weighted by atomic mass is 9.64. The Hall–Kier alpha value is -0.860. The van der Waals surface area contributed by atoms with Crippen molar-refractivity contribution in [3.05, 3.63) is 35.9 Å². The van der Waals surface area contributed by atoms with Gasteiger partial charge in [-0.25, -0.2) is 0 Å². The molecule has 1 fully saturated rings. The lowest BCUT2D eigenvalue weighted by molar-refractivity contribution is 0.253. The first-order chi connectivity index (χ1) is 5.87. The second kappa shape index (κ2) is 3.90. The Labute approximate surface area is 79.1 Å². The van der Waals surface area contributed by atoms with Crippen LogP contribution in [0.15, 0.2) is 30.3 Å². The van der Waals surface area contributed by atoms with Crippen LogP contribution < -0.4 is 5.73 Å². The highest BCUT2D eigenvalue weighted by Crippen LogP contribution is 2.42. The van der Waals surface area contributed by atoms with E-state index in [-0.39, 0.29) is 5.48 Å². The Morgan fingerprint density at radius 2 is 1.77 bits per heavy atom. The predicted molar refractivity (Wildman–Crippen MR) is 54.6 cm³/mol. The molecule has 4 N–H and O–H groups in total. The number of hydrogen-bond acceptors (Lipinski definition) is 1. The summed E-state index contributed by atoms with van der Waals surface area (Å²) in [6.07, 6.45) is 3.88. The molecule has 1 aromatic carbocycles. The van der Waals surface area contributed by atoms with Crippen molar-refractivity contribution in [1.82, 2.24) is 0 Å². The van der Waals surface area contributed by atoms with E-state index >= 15 is 0 Å². The maximum atomic E-state index is 5.80. The van der Waals surface area contributed by atoms with Gasteiger partial charge in [-0.1, -0.05) is 36.8 Å². The minimum absolute atomic E-state index is 0. The summed E-state index contributed by atoms with van der Waals surface area (Å²) in [4.78, 5) is 0. The molecule has 0 aromatic heterocycles. The molecule has 0 unspecified atom stereocenters. The molecule has 72 valence electrons. The number of rotatable bonds is 2. The van der Waals surface area contributed by atoms with Gasteiger partial charge in [-0.2, -0.15) is 0 Å². The molecular formula is C11H17NO. The molecule has 0 atom stereocenters. The van der Waals surface area contributed by atoms with Gasteiger partial charge in [-0.15, -0.1) is 0 Å². The summed E-state index contributed by atoms with van der Waals surface area (Å²) in [5.74, 6) is 0. The third-order valence-corrected chi connectivity index (χ3v) is 3.09. The van der Waals surface area contributed by atoms with Crippen LogP contribution in [0.25, 0.3) is 0 Å². The van der Waals surface area contributed by atoms with Gasteiger partial charge in [0.1, 0.15) is 0 Å². The Morgan fingerprint density at radius 1 is 1.15 bits per heavy atom. The maximum absolute atomic E-state index is 5.80. The summed E-state index contributed by atoms with van der Waals surface area (Å²) in [6.45, 7) is 0.803. The van der Waals surface area contributed by atoms with E-state index in [1.807, 2.05) is 0 Å². The van der Waals surface area contributed by atoms with Crippen molar-refractivity contribution < 1.29 is 5.48 Å². The molecule has 0 radical (unpaired) electrons. The van der Waals surface area contributed by atoms with Gasteiger partial charge in [0.15, 0.2) is 0 Å². The number of nitrogens with two attached hydrogens (primary N) is 1. The van der Waals surface area contributed by atoms with E-state index in [1.165, 1.54) is 24.8 Å². The zero-order valence-corrected chi connectivity index (χ0v) is 7.79. The topological polar surface area (TPSA) is 57.5 Å². The van der Waals surface area contributed by atoms with E-state index < -0.39 is 0 Å². The number of benzene rings is 1. The van der Waals surface area contributed by atoms with Crippen molar-refractivity contribution in [2.75, 3.05) is 6.54 Å². The van der Waals surface area contributed by atoms with Crippen LogP contribution in [0.3, 0.4) is 0 Å². The molecule has 1 aliphatic carbocycles. The lowest BCUT2D eigenvalue weighted by Gasteiger charge is -2.41. The second-order valence-electron chi connectivity index (χ2n) is 3.70. The standard InChI is InChI=1S/C11H15N.H2O/c12-9-11(7-4-8-11)10-5-2-1-3-6-10;/h1-3,5-6H,4,7-9,12H2;1H2. The molecule has 1 aliphatic rings. The van der Waals surface area contributed by atoms with E-state index in [4.69, 9.17) is 5.73 Å². The van der Waals surface area contributed by atoms with Gasteiger partial charge < -0.3 is 11.2 Å². The summed E-state index contributed by atoms with van der Waals surface area (Å²) in [5.41, 5.74) is 7.56. The Bertz CT molecular complexity index is 249. The van der Waals surface area contributed by atoms with E-state index in [0.29, 0.717) is 5.41 Å². The van der Waals surface area contributed by atoms with E-state index in [2.05, 4.69) is 30.3 Å². The van der Waals surface area contributed by atoms with Crippen molar-refractivity contribution in [2.24, 2.45) is 5.73 Å². The molecule has 0 heterocycles. The molecule has 13 heavy (non-hydrogen) atoms. The molecule has 0 spiro atoms. The molecule has 2 nitrogen and oxygen atoms in total. The first-order valence-corrected chi connectivity index (χ1v) is 4.63. The highest BCUT2D eigenvalue weighted by molar-refractivity contribution is 5.28. The van der Waals surface area contributed by atoms with Gasteiger partial charge in [0.25, 0.3) is 0 Å². The fourth-order valence-corrected chi connectivity index (χ4v) is 2.01. The fourth-order valence-electron chi connectivity index (χ4n) is 2.01. The molecular weight excluding hydrogens is 162 g/mol. The van der Waals surface area contributed by atoms with Crippen LogP contribution in [-0.2, 0) is 5.41 Å². The van der Waals surface area contributed by atoms with Crippen LogP contribution >= 0.6 is 0 Å². The van der Waals surface area contributed by atoms with Crippen molar-refractivity contribution >= 4 is 0 Å². The van der Waals surface area contributed by atoms with Crippen LogP contribution in [0.2, 0.25) is 0 Å². The highest BCUT2D eigenvalue weighted by Gasteiger charge is 2.36. The van der Waals surface area contributed by atoms with Crippen LogP contribution in [0, 0.1) is 0 Å². The quantitative estimate of drug-likeness (QED) is 0.729.